The van der Waals surface area contributed by atoms with Crippen LogP contribution in [0.2, 0.25) is 0 Å². The van der Waals surface area contributed by atoms with Crippen molar-refractivity contribution in [3.8, 4) is 5.75 Å². The number of aromatic hydroxyl groups is 1. The molecule has 35 heavy (non-hydrogen) atoms. The number of likely N-dealkylation sites (tertiary alicyclic amines) is 1. The normalized spacial score (nSPS) is 22.0. The lowest BCUT2D eigenvalue weighted by Gasteiger charge is -2.43. The highest BCUT2D eigenvalue weighted by molar-refractivity contribution is 5.32. The van der Waals surface area contributed by atoms with Crippen LogP contribution in [0.25, 0.3) is 0 Å². The quantitative estimate of drug-likeness (QED) is 0.632. The minimum Gasteiger partial charge on any atom is -0.503 e. The third-order valence-corrected chi connectivity index (χ3v) is 8.16. The van der Waals surface area contributed by atoms with E-state index >= 15 is 0 Å². The van der Waals surface area contributed by atoms with E-state index < -0.39 is 0 Å². The summed E-state index contributed by atoms with van der Waals surface area (Å²) in [6.07, 6.45) is 2.09. The average Bonchev–Trinajstić information content (AvgIpc) is 2.86. The third-order valence-electron chi connectivity index (χ3n) is 8.16. The molecule has 0 spiro atoms. The van der Waals surface area contributed by atoms with Crippen molar-refractivity contribution in [2.24, 2.45) is 13.0 Å². The molecule has 2 bridgehead atoms. The maximum atomic E-state index is 12.8. The zero-order valence-electron chi connectivity index (χ0n) is 20.2. The van der Waals surface area contributed by atoms with Crippen molar-refractivity contribution >= 4 is 0 Å². The van der Waals surface area contributed by atoms with E-state index in [2.05, 4.69) is 40.1 Å². The molecular weight excluding hydrogens is 440 g/mol. The molecule has 0 unspecified atom stereocenters. The standard InChI is InChI=1S/C28H32N4O3/c1-29-23(17-31-13-19-11-22(16-31)24-7-4-8-27(34)32(24)14-19)12-26(33)28(35)25(29)18-30-10-9-20-5-2-3-6-21(20)15-30/h2-8,12,19,22,35H,9-11,13-18H2,1H3/t19-,22+/m1/s1. The summed E-state index contributed by atoms with van der Waals surface area (Å²) in [5.41, 5.74) is 5.22. The summed E-state index contributed by atoms with van der Waals surface area (Å²) in [5, 5.41) is 10.7. The highest BCUT2D eigenvalue weighted by Gasteiger charge is 2.34. The molecule has 7 nitrogen and oxygen atoms in total. The molecule has 2 aromatic heterocycles. The SMILES string of the molecule is Cn1c(CN2C[C@H]3C[C@@H](C2)c2cccc(=O)n2C3)cc(=O)c(O)c1CN1CCc2ccccc2C1. The Balaban J connectivity index is 1.23. The number of piperidine rings is 1. The first-order valence-corrected chi connectivity index (χ1v) is 12.6. The minimum absolute atomic E-state index is 0.0940. The molecule has 0 radical (unpaired) electrons. The van der Waals surface area contributed by atoms with Gasteiger partial charge in [-0.05, 0) is 36.0 Å². The Morgan fingerprint density at radius 3 is 2.63 bits per heavy atom. The van der Waals surface area contributed by atoms with Gasteiger partial charge in [0, 0.05) is 82.3 Å². The first-order chi connectivity index (χ1) is 17.0. The molecule has 7 heteroatoms. The van der Waals surface area contributed by atoms with Crippen molar-refractivity contribution < 1.29 is 5.11 Å². The van der Waals surface area contributed by atoms with Gasteiger partial charge < -0.3 is 14.2 Å². The van der Waals surface area contributed by atoms with Crippen LogP contribution in [0, 0.1) is 5.92 Å². The smallest absolute Gasteiger partial charge is 0.250 e. The van der Waals surface area contributed by atoms with Gasteiger partial charge in [0.15, 0.2) is 5.75 Å². The monoisotopic (exact) mass is 472 g/mol. The Morgan fingerprint density at radius 2 is 1.77 bits per heavy atom. The second kappa shape index (κ2) is 8.81. The van der Waals surface area contributed by atoms with Crippen LogP contribution in [0.3, 0.4) is 0 Å². The Labute approximate surface area is 204 Å². The largest absolute Gasteiger partial charge is 0.503 e. The molecule has 1 fully saturated rings. The molecule has 2 atom stereocenters. The zero-order valence-corrected chi connectivity index (χ0v) is 20.2. The lowest BCUT2D eigenvalue weighted by molar-refractivity contribution is 0.112. The van der Waals surface area contributed by atoms with Gasteiger partial charge in [-0.25, -0.2) is 0 Å². The fourth-order valence-electron chi connectivity index (χ4n) is 6.38. The number of nitrogens with zero attached hydrogens (tertiary/aromatic N) is 4. The predicted octanol–water partition coefficient (Wildman–Crippen LogP) is 2.43. The van der Waals surface area contributed by atoms with E-state index in [0.29, 0.717) is 30.6 Å². The van der Waals surface area contributed by atoms with E-state index in [1.807, 2.05) is 22.2 Å². The predicted molar refractivity (Wildman–Crippen MR) is 134 cm³/mol. The summed E-state index contributed by atoms with van der Waals surface area (Å²) in [5.74, 6) is 0.626. The molecule has 0 amide bonds. The summed E-state index contributed by atoms with van der Waals surface area (Å²) in [4.78, 5) is 29.8. The molecule has 6 rings (SSSR count). The van der Waals surface area contributed by atoms with Crippen molar-refractivity contribution in [3.63, 3.8) is 0 Å². The van der Waals surface area contributed by atoms with Gasteiger partial charge in [0.25, 0.3) is 5.56 Å². The molecule has 3 aliphatic heterocycles. The number of pyridine rings is 2. The van der Waals surface area contributed by atoms with Gasteiger partial charge in [0.1, 0.15) is 0 Å². The van der Waals surface area contributed by atoms with Gasteiger partial charge in [0.05, 0.1) is 5.69 Å². The summed E-state index contributed by atoms with van der Waals surface area (Å²) in [7, 11) is 1.96. The zero-order chi connectivity index (χ0) is 24.1. The molecule has 5 heterocycles. The lowest BCUT2D eigenvalue weighted by atomic mass is 9.83. The van der Waals surface area contributed by atoms with Crippen molar-refractivity contribution in [2.45, 2.75) is 44.9 Å². The van der Waals surface area contributed by atoms with Crippen molar-refractivity contribution in [3.05, 3.63) is 97.3 Å². The number of rotatable bonds is 4. The second-order valence-corrected chi connectivity index (χ2v) is 10.5. The molecule has 1 saturated heterocycles. The summed E-state index contributed by atoms with van der Waals surface area (Å²) in [6, 6.07) is 15.7. The van der Waals surface area contributed by atoms with Crippen LogP contribution >= 0.6 is 0 Å². The van der Waals surface area contributed by atoms with E-state index in [1.54, 1.807) is 12.1 Å². The number of hydrogen-bond donors (Lipinski definition) is 1. The van der Waals surface area contributed by atoms with Crippen LogP contribution in [0.5, 0.6) is 5.75 Å². The molecule has 182 valence electrons. The van der Waals surface area contributed by atoms with Crippen LogP contribution in [0.4, 0.5) is 0 Å². The molecule has 1 aromatic carbocycles. The maximum Gasteiger partial charge on any atom is 0.250 e. The molecular formula is C28H32N4O3. The fourth-order valence-corrected chi connectivity index (χ4v) is 6.38. The first kappa shape index (κ1) is 22.3. The van der Waals surface area contributed by atoms with E-state index in [-0.39, 0.29) is 16.7 Å². The van der Waals surface area contributed by atoms with Gasteiger partial charge >= 0.3 is 0 Å². The fraction of sp³-hybridized carbons (Fsp3) is 0.429. The Bertz CT molecular complexity index is 1390. The highest BCUT2D eigenvalue weighted by atomic mass is 16.3. The van der Waals surface area contributed by atoms with Crippen LogP contribution in [-0.4, -0.2) is 43.7 Å². The second-order valence-electron chi connectivity index (χ2n) is 10.5. The van der Waals surface area contributed by atoms with Gasteiger partial charge in [-0.15, -0.1) is 0 Å². The Kier molecular flexibility index (Phi) is 5.61. The third kappa shape index (κ3) is 4.13. The van der Waals surface area contributed by atoms with Crippen LogP contribution in [0.15, 0.2) is 58.1 Å². The topological polar surface area (TPSA) is 70.7 Å². The van der Waals surface area contributed by atoms with Gasteiger partial charge in [0.2, 0.25) is 5.43 Å². The number of benzene rings is 1. The highest BCUT2D eigenvalue weighted by Crippen LogP contribution is 2.35. The average molecular weight is 473 g/mol. The van der Waals surface area contributed by atoms with Crippen LogP contribution in [-0.2, 0) is 39.6 Å². The Morgan fingerprint density at radius 1 is 0.943 bits per heavy atom. The number of hydrogen-bond acceptors (Lipinski definition) is 5. The summed E-state index contributed by atoms with van der Waals surface area (Å²) >= 11 is 0. The van der Waals surface area contributed by atoms with Gasteiger partial charge in [-0.3, -0.25) is 19.4 Å². The molecule has 1 N–H and O–H groups in total. The molecule has 0 aliphatic carbocycles. The van der Waals surface area contributed by atoms with Crippen molar-refractivity contribution in [2.75, 3.05) is 19.6 Å². The molecule has 3 aliphatic rings. The number of aromatic nitrogens is 2. The lowest BCUT2D eigenvalue weighted by Crippen LogP contribution is -2.47. The molecule has 0 saturated carbocycles. The molecule has 3 aromatic rings. The minimum atomic E-state index is -0.306. The van der Waals surface area contributed by atoms with E-state index in [9.17, 15) is 14.7 Å². The first-order valence-electron chi connectivity index (χ1n) is 12.6. The van der Waals surface area contributed by atoms with E-state index in [0.717, 1.165) is 57.0 Å². The maximum absolute atomic E-state index is 12.8. The van der Waals surface area contributed by atoms with Crippen molar-refractivity contribution in [1.29, 1.82) is 0 Å². The van der Waals surface area contributed by atoms with Crippen LogP contribution in [0.1, 0.15) is 40.5 Å². The van der Waals surface area contributed by atoms with Crippen molar-refractivity contribution in [1.82, 2.24) is 18.9 Å². The van der Waals surface area contributed by atoms with E-state index in [1.165, 1.54) is 11.1 Å². The number of fused-ring (bicyclic) bond motifs is 5. The summed E-state index contributed by atoms with van der Waals surface area (Å²) in [6.45, 7) is 5.47. The van der Waals surface area contributed by atoms with Crippen LogP contribution < -0.4 is 11.0 Å². The van der Waals surface area contributed by atoms with E-state index in [4.69, 9.17) is 0 Å². The Hall–Kier alpha value is -3.16. The van der Waals surface area contributed by atoms with Gasteiger partial charge in [-0.2, -0.15) is 0 Å². The summed E-state index contributed by atoms with van der Waals surface area (Å²) < 4.78 is 3.96. The van der Waals surface area contributed by atoms with Gasteiger partial charge in [-0.1, -0.05) is 30.3 Å².